The third-order valence-electron chi connectivity index (χ3n) is 17.9. The molecule has 3 aromatic carbocycles. The van der Waals surface area contributed by atoms with Gasteiger partial charge in [0.05, 0.1) is 0 Å². The first kappa shape index (κ1) is 54.1. The Kier molecular flexibility index (Phi) is 16.6. The first-order valence-corrected chi connectivity index (χ1v) is 30.8. The Morgan fingerprint density at radius 3 is 0.931 bits per heavy atom. The van der Waals surface area contributed by atoms with Gasteiger partial charge in [-0.3, -0.25) is 0 Å². The molecule has 6 aliphatic carbocycles. The molecule has 14 heteroatoms. The Hall–Kier alpha value is -2.71. The van der Waals surface area contributed by atoms with E-state index in [1.165, 1.54) is 0 Å². The van der Waals surface area contributed by atoms with Crippen molar-refractivity contribution in [1.29, 1.82) is 0 Å². The zero-order valence-corrected chi connectivity index (χ0v) is 43.4. The molecule has 0 bridgehead atoms. The molecule has 9 rings (SSSR count). The highest BCUT2D eigenvalue weighted by Gasteiger charge is 2.86. The van der Waals surface area contributed by atoms with Crippen molar-refractivity contribution in [1.82, 2.24) is 0 Å². The van der Waals surface area contributed by atoms with E-state index in [-0.39, 0.29) is 40.4 Å². The number of benzene rings is 3. The molecule has 3 aromatic rings. The van der Waals surface area contributed by atoms with Crippen LogP contribution in [-0.2, 0) is 13.7 Å². The molecule has 0 unspecified atom stereocenters. The molecule has 6 saturated carbocycles. The summed E-state index contributed by atoms with van der Waals surface area (Å²) in [7, 11) is -11.8. The predicted octanol–water partition coefficient (Wildman–Crippen LogP) is 19.9. The molecular formula is C58H75F9O3S2. The van der Waals surface area contributed by atoms with E-state index in [2.05, 4.69) is 24.3 Å². The predicted molar refractivity (Wildman–Crippen MR) is 268 cm³/mol. The van der Waals surface area contributed by atoms with Crippen molar-refractivity contribution in [3.8, 4) is 0 Å². The minimum absolute atomic E-state index is 0.120. The van der Waals surface area contributed by atoms with Crippen LogP contribution in [0.3, 0.4) is 0 Å². The van der Waals surface area contributed by atoms with Crippen LogP contribution in [0.15, 0.2) is 69.3 Å². The van der Waals surface area contributed by atoms with Gasteiger partial charge in [0.25, 0.3) is 0 Å². The highest BCUT2D eigenvalue weighted by Crippen LogP contribution is 2.77. The van der Waals surface area contributed by atoms with Gasteiger partial charge in [-0.15, -0.1) is 0 Å². The van der Waals surface area contributed by atoms with Crippen LogP contribution in [0.1, 0.15) is 262 Å². The molecule has 6 fully saturated rings. The minimum Gasteiger partial charge on any atom is -0.202 e. The topological polar surface area (TPSA) is 43.4 Å². The van der Waals surface area contributed by atoms with Crippen molar-refractivity contribution >= 4 is 20.4 Å². The largest absolute Gasteiger partial charge is 0.460 e. The Bertz CT molecular complexity index is 2220. The number of rotatable bonds is 14. The third-order valence-corrected chi connectivity index (χ3v) is 23.4. The van der Waals surface area contributed by atoms with E-state index in [4.69, 9.17) is 3.63 Å². The average molecular weight is 1060 g/mol. The second kappa shape index (κ2) is 22.1. The van der Waals surface area contributed by atoms with Crippen molar-refractivity contribution < 1.29 is 51.6 Å². The molecule has 0 aliphatic heterocycles. The summed E-state index contributed by atoms with van der Waals surface area (Å²) in [4.78, 5) is 0.836. The second-order valence-corrected chi connectivity index (χ2v) is 27.0. The highest BCUT2D eigenvalue weighted by atomic mass is 32.3. The van der Waals surface area contributed by atoms with Crippen molar-refractivity contribution in [3.63, 3.8) is 0 Å². The molecule has 0 atom stereocenters. The molecule has 400 valence electrons. The zero-order chi connectivity index (χ0) is 50.9. The monoisotopic (exact) mass is 1050 g/mol. The molecule has 0 aromatic heterocycles. The van der Waals surface area contributed by atoms with Crippen LogP contribution < -0.4 is 0 Å². The van der Waals surface area contributed by atoms with E-state index in [1.807, 2.05) is 0 Å². The van der Waals surface area contributed by atoms with Gasteiger partial charge in [-0.25, -0.2) is 3.63 Å². The lowest BCUT2D eigenvalue weighted by atomic mass is 9.76. The molecule has 0 radical (unpaired) electrons. The molecule has 0 amide bonds. The van der Waals surface area contributed by atoms with E-state index in [9.17, 15) is 13.2 Å². The SMILES string of the molecule is O=S(=O)(OS(c1ccccc1)(c1c(C2CCCCC2)cc(C2CCCCC2)cc1C1CCCCC1)c1c(C2CCCCC2)cc(C2CCCCC2)cc1C1CCCCC1)C(F)(F)C(F)(F)C(F)(F)C(F)(F)F. The molecule has 0 spiro atoms. The minimum atomic E-state index is -7.47. The first-order chi connectivity index (χ1) is 34.4. The van der Waals surface area contributed by atoms with E-state index in [0.717, 1.165) is 175 Å². The molecule has 0 heterocycles. The maximum absolute atomic E-state index is 17.1. The quantitative estimate of drug-likeness (QED) is 0.151. The summed E-state index contributed by atoms with van der Waals surface area (Å²) >= 11 is 0. The van der Waals surface area contributed by atoms with Crippen molar-refractivity contribution in [3.05, 3.63) is 88.0 Å². The van der Waals surface area contributed by atoms with Crippen LogP contribution in [-0.4, -0.2) is 31.7 Å². The van der Waals surface area contributed by atoms with E-state index < -0.39 is 43.7 Å². The number of alkyl halides is 9. The van der Waals surface area contributed by atoms with Gasteiger partial charge in [0.15, 0.2) is 0 Å². The lowest BCUT2D eigenvalue weighted by Gasteiger charge is -2.49. The highest BCUT2D eigenvalue weighted by molar-refractivity contribution is 8.33. The first-order valence-electron chi connectivity index (χ1n) is 27.8. The lowest BCUT2D eigenvalue weighted by molar-refractivity contribution is -0.382. The Morgan fingerprint density at radius 2 is 0.653 bits per heavy atom. The Balaban J connectivity index is 1.48. The third kappa shape index (κ3) is 10.3. The lowest BCUT2D eigenvalue weighted by Crippen LogP contribution is -2.63. The van der Waals surface area contributed by atoms with Crippen LogP contribution in [0.5, 0.6) is 0 Å². The van der Waals surface area contributed by atoms with Gasteiger partial charge >= 0.3 is 33.4 Å². The summed E-state index contributed by atoms with van der Waals surface area (Å²) < 4.78 is 176. The van der Waals surface area contributed by atoms with Crippen molar-refractivity contribution in [2.75, 3.05) is 0 Å². The van der Waals surface area contributed by atoms with Crippen LogP contribution in [0.2, 0.25) is 0 Å². The van der Waals surface area contributed by atoms with Gasteiger partial charge in [0.1, 0.15) is 0 Å². The summed E-state index contributed by atoms with van der Waals surface area (Å²) in [5.74, 6) is -15.5. The Morgan fingerprint density at radius 1 is 0.375 bits per heavy atom. The summed E-state index contributed by atoms with van der Waals surface area (Å²) in [6, 6.07) is 16.7. The average Bonchev–Trinajstić information content (AvgIpc) is 3.41. The van der Waals surface area contributed by atoms with Gasteiger partial charge in [-0.2, -0.15) is 47.9 Å². The van der Waals surface area contributed by atoms with Crippen molar-refractivity contribution in [2.24, 2.45) is 0 Å². The zero-order valence-electron chi connectivity index (χ0n) is 41.8. The molecular weight excluding hydrogens is 980 g/mol. The summed E-state index contributed by atoms with van der Waals surface area (Å²) in [6.07, 6.45) is 18.5. The fourth-order valence-corrected chi connectivity index (χ4v) is 20.2. The maximum atomic E-state index is 17.1. The van der Waals surface area contributed by atoms with E-state index in [0.29, 0.717) is 61.2 Å². The number of hydrogen-bond acceptors (Lipinski definition) is 3. The Labute approximate surface area is 424 Å². The molecule has 0 N–H and O–H groups in total. The molecule has 72 heavy (non-hydrogen) atoms. The van der Waals surface area contributed by atoms with Gasteiger partial charge in [0, 0.05) is 14.7 Å². The molecule has 6 aliphatic rings. The second-order valence-electron chi connectivity index (χ2n) is 22.6. The van der Waals surface area contributed by atoms with Gasteiger partial charge in [0.2, 0.25) is 0 Å². The fourth-order valence-electron chi connectivity index (χ4n) is 14.0. The van der Waals surface area contributed by atoms with E-state index in [1.54, 1.807) is 30.3 Å². The number of hydrogen-bond donors (Lipinski definition) is 0. The summed E-state index contributed by atoms with van der Waals surface area (Å²) in [5.41, 5.74) is 5.04. The van der Waals surface area contributed by atoms with Crippen LogP contribution in [0, 0.1) is 0 Å². The van der Waals surface area contributed by atoms with Gasteiger partial charge in [-0.1, -0.05) is 158 Å². The maximum Gasteiger partial charge on any atom is 0.460 e. The van der Waals surface area contributed by atoms with E-state index >= 15 is 34.8 Å². The van der Waals surface area contributed by atoms with Gasteiger partial charge in [-0.05, 0) is 168 Å². The fraction of sp³-hybridized carbons (Fsp3) is 0.690. The van der Waals surface area contributed by atoms with Crippen LogP contribution >= 0.6 is 10.3 Å². The number of halogens is 9. The van der Waals surface area contributed by atoms with Crippen LogP contribution in [0.4, 0.5) is 39.5 Å². The standard InChI is InChI=1S/C58H75F9O3S2/c59-55(60,57(63,64)65)56(61,62)58(66,67)72(68,69)70-71(48-34-20-7-21-35-48,53-49(42-26-12-3-13-27-42)36-46(40-22-8-1-9-23-40)37-50(53)43-28-14-4-15-29-43)54-51(44-30-16-5-17-31-44)38-47(41-24-10-2-11-25-41)39-52(54)45-32-18-6-19-33-45/h7,20-21,34-45H,1-6,8-19,22-33H2. The normalized spacial score (nSPS) is 22.6. The van der Waals surface area contributed by atoms with Crippen LogP contribution in [0.25, 0.3) is 0 Å². The smallest absolute Gasteiger partial charge is 0.202 e. The van der Waals surface area contributed by atoms with Gasteiger partial charge < -0.3 is 0 Å². The molecule has 3 nitrogen and oxygen atoms in total. The molecule has 0 saturated heterocycles. The van der Waals surface area contributed by atoms with Crippen molar-refractivity contribution in [2.45, 2.75) is 266 Å². The summed E-state index contributed by atoms with van der Waals surface area (Å²) in [6.45, 7) is 0. The summed E-state index contributed by atoms with van der Waals surface area (Å²) in [5, 5.41) is -7.05.